The first kappa shape index (κ1) is 11.1. The van der Waals surface area contributed by atoms with Gasteiger partial charge >= 0.3 is 0 Å². The summed E-state index contributed by atoms with van der Waals surface area (Å²) < 4.78 is 0. The van der Waals surface area contributed by atoms with E-state index in [-0.39, 0.29) is 5.69 Å². The average molecular weight is 255 g/mol. The summed E-state index contributed by atoms with van der Waals surface area (Å²) in [4.78, 5) is 21.7. The molecule has 0 aliphatic heterocycles. The van der Waals surface area contributed by atoms with Crippen molar-refractivity contribution in [3.8, 4) is 11.4 Å². The molecule has 2 heterocycles. The Morgan fingerprint density at radius 1 is 1.32 bits per heavy atom. The number of nitrogens with two attached hydrogens (primary N) is 1. The number of nitro benzene ring substituents is 1. The zero-order valence-corrected chi connectivity index (χ0v) is 9.70. The molecule has 3 N–H and O–H groups in total. The highest BCUT2D eigenvalue weighted by Crippen LogP contribution is 2.29. The van der Waals surface area contributed by atoms with Gasteiger partial charge < -0.3 is 10.7 Å². The van der Waals surface area contributed by atoms with E-state index in [2.05, 4.69) is 15.0 Å². The minimum absolute atomic E-state index is 0.0252. The first-order valence-corrected chi connectivity index (χ1v) is 5.49. The van der Waals surface area contributed by atoms with Crippen molar-refractivity contribution in [2.75, 3.05) is 5.73 Å². The van der Waals surface area contributed by atoms with Crippen LogP contribution in [-0.2, 0) is 0 Å². The van der Waals surface area contributed by atoms with Crippen LogP contribution in [0.5, 0.6) is 0 Å². The lowest BCUT2D eigenvalue weighted by molar-refractivity contribution is -0.384. The highest BCUT2D eigenvalue weighted by atomic mass is 16.6. The molecule has 19 heavy (non-hydrogen) atoms. The third kappa shape index (κ3) is 1.86. The van der Waals surface area contributed by atoms with Gasteiger partial charge in [-0.2, -0.15) is 0 Å². The number of benzene rings is 1. The Morgan fingerprint density at radius 3 is 2.89 bits per heavy atom. The smallest absolute Gasteiger partial charge is 0.270 e. The zero-order valence-electron chi connectivity index (χ0n) is 9.70. The van der Waals surface area contributed by atoms with Crippen LogP contribution < -0.4 is 5.73 Å². The third-order valence-electron chi connectivity index (χ3n) is 2.79. The molecule has 0 saturated heterocycles. The summed E-state index contributed by atoms with van der Waals surface area (Å²) in [5, 5.41) is 10.8. The molecule has 7 nitrogen and oxygen atoms in total. The highest BCUT2D eigenvalue weighted by Gasteiger charge is 2.13. The fraction of sp³-hybridized carbons (Fsp3) is 0. The average Bonchev–Trinajstić information content (AvgIpc) is 2.82. The van der Waals surface area contributed by atoms with Gasteiger partial charge in [-0.15, -0.1) is 0 Å². The molecule has 0 unspecified atom stereocenters. The van der Waals surface area contributed by atoms with Gasteiger partial charge in [0, 0.05) is 29.6 Å². The van der Waals surface area contributed by atoms with Gasteiger partial charge in [-0.05, 0) is 12.1 Å². The number of nitro groups is 1. The molecule has 3 aromatic rings. The molecule has 0 radical (unpaired) electrons. The first-order valence-electron chi connectivity index (χ1n) is 5.49. The van der Waals surface area contributed by atoms with Crippen molar-refractivity contribution in [2.45, 2.75) is 0 Å². The first-order chi connectivity index (χ1) is 9.15. The van der Waals surface area contributed by atoms with Crippen LogP contribution in [0.15, 0.2) is 36.7 Å². The lowest BCUT2D eigenvalue weighted by Crippen LogP contribution is -1.94. The number of aromatic nitrogens is 3. The predicted molar refractivity (Wildman–Crippen MR) is 70.4 cm³/mol. The van der Waals surface area contributed by atoms with E-state index in [9.17, 15) is 10.1 Å². The van der Waals surface area contributed by atoms with Gasteiger partial charge in [-0.3, -0.25) is 15.1 Å². The second-order valence-electron chi connectivity index (χ2n) is 4.01. The molecule has 0 aliphatic carbocycles. The SMILES string of the molecule is Nc1ccc([N+](=O)[O-])cc1-c1nc2ccncc2[nH]1. The van der Waals surface area contributed by atoms with Crippen LogP contribution in [0.1, 0.15) is 0 Å². The maximum atomic E-state index is 10.8. The molecule has 2 aromatic heterocycles. The Morgan fingerprint density at radius 2 is 2.16 bits per heavy atom. The number of imidazole rings is 1. The van der Waals surface area contributed by atoms with Crippen molar-refractivity contribution in [3.63, 3.8) is 0 Å². The van der Waals surface area contributed by atoms with E-state index in [1.165, 1.54) is 18.2 Å². The quantitative estimate of drug-likeness (QED) is 0.414. The van der Waals surface area contributed by atoms with Crippen LogP contribution in [0.4, 0.5) is 11.4 Å². The van der Waals surface area contributed by atoms with Gasteiger partial charge in [0.15, 0.2) is 0 Å². The number of hydrogen-bond donors (Lipinski definition) is 2. The Balaban J connectivity index is 2.20. The molecule has 0 amide bonds. The second-order valence-corrected chi connectivity index (χ2v) is 4.01. The number of nitrogen functional groups attached to an aromatic ring is 1. The number of non-ortho nitro benzene ring substituents is 1. The van der Waals surface area contributed by atoms with Gasteiger partial charge in [0.05, 0.1) is 22.2 Å². The number of rotatable bonds is 2. The maximum Gasteiger partial charge on any atom is 0.270 e. The van der Waals surface area contributed by atoms with E-state index in [1.54, 1.807) is 18.5 Å². The van der Waals surface area contributed by atoms with Crippen LogP contribution in [0.2, 0.25) is 0 Å². The molecule has 7 heteroatoms. The molecule has 3 rings (SSSR count). The molecular formula is C12H9N5O2. The van der Waals surface area contributed by atoms with Gasteiger partial charge in [0.2, 0.25) is 0 Å². The maximum absolute atomic E-state index is 10.8. The summed E-state index contributed by atoms with van der Waals surface area (Å²) in [6.45, 7) is 0. The van der Waals surface area contributed by atoms with Crippen molar-refractivity contribution < 1.29 is 4.92 Å². The van der Waals surface area contributed by atoms with Gasteiger partial charge in [-0.1, -0.05) is 0 Å². The minimum Gasteiger partial charge on any atom is -0.398 e. The number of H-pyrrole nitrogens is 1. The van der Waals surface area contributed by atoms with Crippen LogP contribution >= 0.6 is 0 Å². The Hall–Kier alpha value is -2.96. The van der Waals surface area contributed by atoms with E-state index < -0.39 is 4.92 Å². The number of aromatic amines is 1. The van der Waals surface area contributed by atoms with Crippen LogP contribution in [0, 0.1) is 10.1 Å². The van der Waals surface area contributed by atoms with Crippen molar-refractivity contribution in [1.82, 2.24) is 15.0 Å². The minimum atomic E-state index is -0.465. The van der Waals surface area contributed by atoms with E-state index in [4.69, 9.17) is 5.73 Å². The van der Waals surface area contributed by atoms with E-state index >= 15 is 0 Å². The number of nitrogens with one attached hydrogen (secondary N) is 1. The number of hydrogen-bond acceptors (Lipinski definition) is 5. The number of nitrogens with zero attached hydrogens (tertiary/aromatic N) is 3. The molecule has 0 atom stereocenters. The Labute approximate surface area is 107 Å². The molecule has 0 spiro atoms. The van der Waals surface area contributed by atoms with E-state index in [0.29, 0.717) is 17.1 Å². The normalized spacial score (nSPS) is 10.7. The standard InChI is InChI=1S/C12H9N5O2/c13-9-2-1-7(17(18)19)5-8(9)12-15-10-3-4-14-6-11(10)16-12/h1-6H,13H2,(H,15,16). The molecule has 94 valence electrons. The van der Waals surface area contributed by atoms with Crippen LogP contribution in [-0.4, -0.2) is 19.9 Å². The second kappa shape index (κ2) is 4.05. The number of pyridine rings is 1. The Bertz CT molecular complexity index is 748. The lowest BCUT2D eigenvalue weighted by atomic mass is 10.1. The zero-order chi connectivity index (χ0) is 13.4. The molecule has 1 aromatic carbocycles. The molecular weight excluding hydrogens is 246 g/mol. The van der Waals surface area contributed by atoms with Crippen molar-refractivity contribution in [3.05, 3.63) is 46.8 Å². The molecule has 0 fully saturated rings. The molecule has 0 bridgehead atoms. The van der Waals surface area contributed by atoms with Gasteiger partial charge in [0.1, 0.15) is 5.82 Å². The van der Waals surface area contributed by atoms with E-state index in [0.717, 1.165) is 11.0 Å². The Kier molecular flexibility index (Phi) is 2.38. The number of fused-ring (bicyclic) bond motifs is 1. The summed E-state index contributed by atoms with van der Waals surface area (Å²) in [5.41, 5.74) is 8.24. The summed E-state index contributed by atoms with van der Waals surface area (Å²) in [6.07, 6.45) is 3.27. The van der Waals surface area contributed by atoms with Crippen molar-refractivity contribution in [2.24, 2.45) is 0 Å². The summed E-state index contributed by atoms with van der Waals surface area (Å²) in [5.74, 6) is 0.490. The fourth-order valence-corrected chi connectivity index (χ4v) is 1.85. The molecule has 0 saturated carbocycles. The summed E-state index contributed by atoms with van der Waals surface area (Å²) in [6, 6.07) is 6.02. The largest absolute Gasteiger partial charge is 0.398 e. The predicted octanol–water partition coefficient (Wildman–Crippen LogP) is 2.12. The van der Waals surface area contributed by atoms with E-state index in [1.807, 2.05) is 0 Å². The van der Waals surface area contributed by atoms with Crippen LogP contribution in [0.25, 0.3) is 22.4 Å². The van der Waals surface area contributed by atoms with Crippen molar-refractivity contribution >= 4 is 22.4 Å². The fourth-order valence-electron chi connectivity index (χ4n) is 1.85. The molecule has 0 aliphatic rings. The topological polar surface area (TPSA) is 111 Å². The van der Waals surface area contributed by atoms with Crippen molar-refractivity contribution in [1.29, 1.82) is 0 Å². The monoisotopic (exact) mass is 255 g/mol. The summed E-state index contributed by atoms with van der Waals surface area (Å²) in [7, 11) is 0. The lowest BCUT2D eigenvalue weighted by Gasteiger charge is -2.01. The highest BCUT2D eigenvalue weighted by molar-refractivity contribution is 5.82. The van der Waals surface area contributed by atoms with Gasteiger partial charge in [-0.25, -0.2) is 4.98 Å². The van der Waals surface area contributed by atoms with Gasteiger partial charge in [0.25, 0.3) is 5.69 Å². The summed E-state index contributed by atoms with van der Waals surface area (Å²) >= 11 is 0. The van der Waals surface area contributed by atoms with Crippen LogP contribution in [0.3, 0.4) is 0 Å². The number of anilines is 1. The third-order valence-corrected chi connectivity index (χ3v) is 2.79.